The predicted molar refractivity (Wildman–Crippen MR) is 118 cm³/mol. The fraction of sp³-hybridized carbons (Fsp3) is 0.333. The summed E-state index contributed by atoms with van der Waals surface area (Å²) in [6.07, 6.45) is 3.36. The van der Waals surface area contributed by atoms with E-state index in [1.165, 1.54) is 12.8 Å². The van der Waals surface area contributed by atoms with E-state index in [4.69, 9.17) is 23.2 Å². The first-order valence-corrected chi connectivity index (χ1v) is 10.4. The summed E-state index contributed by atoms with van der Waals surface area (Å²) in [5.74, 6) is 0.462. The van der Waals surface area contributed by atoms with Crippen LogP contribution in [0.2, 0.25) is 10.0 Å². The number of hydrogen-bond acceptors (Lipinski definition) is 3. The van der Waals surface area contributed by atoms with Gasteiger partial charge in [-0.25, -0.2) is 4.79 Å². The zero-order valence-corrected chi connectivity index (χ0v) is 17.4. The Labute approximate surface area is 180 Å². The third-order valence-corrected chi connectivity index (χ3v) is 5.54. The molecular weight excluding hydrogens is 411 g/mol. The van der Waals surface area contributed by atoms with E-state index in [-0.39, 0.29) is 5.91 Å². The normalized spacial score (nSPS) is 16.1. The van der Waals surface area contributed by atoms with Crippen molar-refractivity contribution in [2.45, 2.75) is 19.3 Å². The van der Waals surface area contributed by atoms with Gasteiger partial charge in [0, 0.05) is 23.5 Å². The van der Waals surface area contributed by atoms with E-state index >= 15 is 0 Å². The van der Waals surface area contributed by atoms with Gasteiger partial charge >= 0.3 is 6.03 Å². The first-order chi connectivity index (χ1) is 14.0. The lowest BCUT2D eigenvalue weighted by Crippen LogP contribution is -2.33. The minimum absolute atomic E-state index is 0.151. The molecular formula is C21H24Cl2N4O2. The number of benzene rings is 2. The summed E-state index contributed by atoms with van der Waals surface area (Å²) < 4.78 is 0. The fourth-order valence-electron chi connectivity index (χ4n) is 3.27. The molecule has 1 saturated heterocycles. The fourth-order valence-corrected chi connectivity index (χ4v) is 3.57. The van der Waals surface area contributed by atoms with Crippen LogP contribution >= 0.6 is 23.2 Å². The van der Waals surface area contributed by atoms with Gasteiger partial charge in [-0.2, -0.15) is 0 Å². The summed E-state index contributed by atoms with van der Waals surface area (Å²) in [6, 6.07) is 11.2. The van der Waals surface area contributed by atoms with Crippen molar-refractivity contribution >= 4 is 46.5 Å². The second-order valence-electron chi connectivity index (χ2n) is 7.05. The summed E-state index contributed by atoms with van der Waals surface area (Å²) in [5, 5.41) is 12.5. The number of amides is 3. The number of carbonyl (C=O) groups excluding carboxylic acids is 2. The molecule has 1 aliphatic heterocycles. The second-order valence-corrected chi connectivity index (χ2v) is 7.86. The van der Waals surface area contributed by atoms with Crippen LogP contribution in [-0.2, 0) is 0 Å². The van der Waals surface area contributed by atoms with Crippen LogP contribution in [0.3, 0.4) is 0 Å². The Kier molecular flexibility index (Phi) is 7.75. The zero-order valence-electron chi connectivity index (χ0n) is 15.9. The van der Waals surface area contributed by atoms with E-state index in [2.05, 4.69) is 21.3 Å². The average molecular weight is 435 g/mol. The van der Waals surface area contributed by atoms with E-state index in [1.54, 1.807) is 42.5 Å². The molecule has 2 aromatic carbocycles. The van der Waals surface area contributed by atoms with E-state index in [0.717, 1.165) is 19.5 Å². The number of hydrogen-bond donors (Lipinski definition) is 4. The van der Waals surface area contributed by atoms with Gasteiger partial charge in [-0.05, 0) is 74.7 Å². The Morgan fingerprint density at radius 3 is 2.55 bits per heavy atom. The van der Waals surface area contributed by atoms with E-state index < -0.39 is 6.03 Å². The molecule has 0 spiro atoms. The van der Waals surface area contributed by atoms with E-state index in [0.29, 0.717) is 39.4 Å². The summed E-state index contributed by atoms with van der Waals surface area (Å²) in [6.45, 7) is 2.74. The van der Waals surface area contributed by atoms with Crippen molar-refractivity contribution in [1.82, 2.24) is 10.6 Å². The Hall–Kier alpha value is -2.28. The molecule has 8 heteroatoms. The Bertz CT molecular complexity index is 870. The molecule has 1 atom stereocenters. The molecule has 6 nitrogen and oxygen atoms in total. The van der Waals surface area contributed by atoms with Crippen molar-refractivity contribution in [3.05, 3.63) is 58.1 Å². The maximum Gasteiger partial charge on any atom is 0.323 e. The maximum absolute atomic E-state index is 12.4. The highest BCUT2D eigenvalue weighted by Gasteiger charge is 2.14. The van der Waals surface area contributed by atoms with Crippen molar-refractivity contribution in [3.63, 3.8) is 0 Å². The molecule has 3 amide bonds. The van der Waals surface area contributed by atoms with Gasteiger partial charge in [0.15, 0.2) is 0 Å². The highest BCUT2D eigenvalue weighted by Crippen LogP contribution is 2.25. The van der Waals surface area contributed by atoms with Gasteiger partial charge in [-0.15, -0.1) is 0 Å². The number of rotatable bonds is 6. The van der Waals surface area contributed by atoms with Crippen LogP contribution in [0.1, 0.15) is 29.6 Å². The van der Waals surface area contributed by atoms with Crippen LogP contribution in [0, 0.1) is 5.92 Å². The third-order valence-electron chi connectivity index (χ3n) is 4.80. The van der Waals surface area contributed by atoms with Gasteiger partial charge in [0.05, 0.1) is 10.0 Å². The zero-order chi connectivity index (χ0) is 20.6. The Morgan fingerprint density at radius 2 is 1.83 bits per heavy atom. The lowest BCUT2D eigenvalue weighted by atomic mass is 9.96. The average Bonchev–Trinajstić information content (AvgIpc) is 2.71. The largest absolute Gasteiger partial charge is 0.352 e. The highest BCUT2D eigenvalue weighted by molar-refractivity contribution is 6.42. The number of urea groups is 1. The monoisotopic (exact) mass is 434 g/mol. The molecule has 0 bridgehead atoms. The molecule has 154 valence electrons. The quantitative estimate of drug-likeness (QED) is 0.528. The molecule has 4 N–H and O–H groups in total. The first-order valence-electron chi connectivity index (χ1n) is 9.63. The van der Waals surface area contributed by atoms with Crippen molar-refractivity contribution in [3.8, 4) is 0 Å². The predicted octanol–water partition coefficient (Wildman–Crippen LogP) is 4.76. The summed E-state index contributed by atoms with van der Waals surface area (Å²) in [5.41, 5.74) is 1.54. The molecule has 0 aromatic heterocycles. The van der Waals surface area contributed by atoms with Gasteiger partial charge < -0.3 is 21.3 Å². The highest BCUT2D eigenvalue weighted by atomic mass is 35.5. The second kappa shape index (κ2) is 10.5. The molecule has 0 radical (unpaired) electrons. The van der Waals surface area contributed by atoms with Crippen molar-refractivity contribution < 1.29 is 9.59 Å². The van der Waals surface area contributed by atoms with Crippen molar-refractivity contribution in [1.29, 1.82) is 0 Å². The maximum atomic E-state index is 12.4. The van der Waals surface area contributed by atoms with Gasteiger partial charge in [0.1, 0.15) is 0 Å². The van der Waals surface area contributed by atoms with Crippen LogP contribution < -0.4 is 21.3 Å². The number of nitrogens with one attached hydrogen (secondary N) is 4. The van der Waals surface area contributed by atoms with Crippen molar-refractivity contribution in [2.24, 2.45) is 5.92 Å². The van der Waals surface area contributed by atoms with Gasteiger partial charge in [-0.1, -0.05) is 29.3 Å². The molecule has 1 heterocycles. The van der Waals surface area contributed by atoms with Crippen LogP contribution in [0.5, 0.6) is 0 Å². The summed E-state index contributed by atoms with van der Waals surface area (Å²) >= 11 is 11.8. The van der Waals surface area contributed by atoms with Crippen LogP contribution in [0.15, 0.2) is 42.5 Å². The summed E-state index contributed by atoms with van der Waals surface area (Å²) in [7, 11) is 0. The number of piperidine rings is 1. The molecule has 2 aromatic rings. The molecule has 0 saturated carbocycles. The minimum atomic E-state index is -0.439. The number of anilines is 2. The van der Waals surface area contributed by atoms with Crippen molar-refractivity contribution in [2.75, 3.05) is 30.3 Å². The first kappa shape index (κ1) is 21.4. The molecule has 3 rings (SSSR count). The molecule has 29 heavy (non-hydrogen) atoms. The van der Waals surface area contributed by atoms with Gasteiger partial charge in [-0.3, -0.25) is 4.79 Å². The van der Waals surface area contributed by atoms with E-state index in [9.17, 15) is 9.59 Å². The SMILES string of the molecule is O=C(Nc1cccc(C(=O)NCC[C@@H]2CCCNC2)c1)Nc1ccc(Cl)c(Cl)c1. The Morgan fingerprint density at radius 1 is 1.03 bits per heavy atom. The van der Waals surface area contributed by atoms with Gasteiger partial charge in [0.2, 0.25) is 0 Å². The molecule has 1 fully saturated rings. The van der Waals surface area contributed by atoms with Crippen LogP contribution in [-0.4, -0.2) is 31.6 Å². The lowest BCUT2D eigenvalue weighted by Gasteiger charge is -2.22. The smallest absolute Gasteiger partial charge is 0.323 e. The molecule has 0 aliphatic carbocycles. The van der Waals surface area contributed by atoms with Crippen LogP contribution in [0.25, 0.3) is 0 Å². The molecule has 1 aliphatic rings. The standard InChI is InChI=1S/C21H24Cl2N4O2/c22-18-7-6-17(12-19(18)23)27-21(29)26-16-5-1-4-15(11-16)20(28)25-10-8-14-3-2-9-24-13-14/h1,4-7,11-12,14,24H,2-3,8-10,13H2,(H,25,28)(H2,26,27,29)/t14-/m0/s1. The number of halogens is 2. The van der Waals surface area contributed by atoms with Crippen LogP contribution in [0.4, 0.5) is 16.2 Å². The minimum Gasteiger partial charge on any atom is -0.352 e. The lowest BCUT2D eigenvalue weighted by molar-refractivity contribution is 0.0950. The van der Waals surface area contributed by atoms with E-state index in [1.807, 2.05) is 0 Å². The topological polar surface area (TPSA) is 82.3 Å². The van der Waals surface area contributed by atoms with Gasteiger partial charge in [0.25, 0.3) is 5.91 Å². The summed E-state index contributed by atoms with van der Waals surface area (Å²) in [4.78, 5) is 24.6. The third kappa shape index (κ3) is 6.63. The number of carbonyl (C=O) groups is 2. The Balaban J connectivity index is 1.50. The molecule has 0 unspecified atom stereocenters.